The lowest BCUT2D eigenvalue weighted by Crippen LogP contribution is -2.31. The zero-order chi connectivity index (χ0) is 25.1. The number of hydrogen-bond acceptors (Lipinski definition) is 5. The summed E-state index contributed by atoms with van der Waals surface area (Å²) in [5, 5.41) is 2.65. The highest BCUT2D eigenvalue weighted by atomic mass is 16.5. The maximum atomic E-state index is 11.3. The van der Waals surface area contributed by atoms with Crippen molar-refractivity contribution < 1.29 is 23.7 Å². The monoisotopic (exact) mass is 477 g/mol. The molecule has 0 heterocycles. The Bertz CT molecular complexity index is 998. The van der Waals surface area contributed by atoms with Gasteiger partial charge in [0.25, 0.3) is 0 Å². The molecule has 0 bridgehead atoms. The Morgan fingerprint density at radius 1 is 0.686 bits per heavy atom. The predicted octanol–water partition coefficient (Wildman–Crippen LogP) is 5.33. The van der Waals surface area contributed by atoms with Crippen LogP contribution in [0.5, 0.6) is 17.2 Å². The highest BCUT2D eigenvalue weighted by Gasteiger charge is 2.36. The van der Waals surface area contributed by atoms with Crippen molar-refractivity contribution >= 4 is 5.91 Å². The van der Waals surface area contributed by atoms with Crippen LogP contribution >= 0.6 is 0 Å². The summed E-state index contributed by atoms with van der Waals surface area (Å²) in [6.07, 6.45) is 3.27. The van der Waals surface area contributed by atoms with Gasteiger partial charge in [0, 0.05) is 20.6 Å². The number of benzene rings is 3. The minimum absolute atomic E-state index is 0.0804. The van der Waals surface area contributed by atoms with Gasteiger partial charge in [-0.25, -0.2) is 0 Å². The lowest BCUT2D eigenvalue weighted by atomic mass is 9.80. The lowest BCUT2D eigenvalue weighted by Gasteiger charge is -2.34. The summed E-state index contributed by atoms with van der Waals surface area (Å²) in [6.45, 7) is 0.611. The first-order valence-corrected chi connectivity index (χ1v) is 11.9. The second-order valence-corrected chi connectivity index (χ2v) is 8.20. The third-order valence-electron chi connectivity index (χ3n) is 6.16. The Labute approximate surface area is 208 Å². The van der Waals surface area contributed by atoms with Crippen molar-refractivity contribution in [3.63, 3.8) is 0 Å². The number of carbonyl (C=O) groups excluding carboxylic acids is 1. The van der Waals surface area contributed by atoms with E-state index in [-0.39, 0.29) is 5.91 Å². The molecule has 0 aromatic heterocycles. The van der Waals surface area contributed by atoms with Crippen LogP contribution in [0.3, 0.4) is 0 Å². The van der Waals surface area contributed by atoms with E-state index in [2.05, 4.69) is 5.32 Å². The molecule has 6 heteroatoms. The maximum absolute atomic E-state index is 11.3. The molecule has 0 fully saturated rings. The van der Waals surface area contributed by atoms with Crippen molar-refractivity contribution in [2.45, 2.75) is 31.3 Å². The van der Waals surface area contributed by atoms with E-state index in [1.807, 2.05) is 72.8 Å². The molecule has 0 aliphatic carbocycles. The molecule has 0 saturated heterocycles. The smallest absolute Gasteiger partial charge is 0.219 e. The molecule has 35 heavy (non-hydrogen) atoms. The third kappa shape index (κ3) is 6.34. The average Bonchev–Trinajstić information content (AvgIpc) is 2.92. The van der Waals surface area contributed by atoms with Gasteiger partial charge in [0.15, 0.2) is 0 Å². The molecule has 0 aliphatic heterocycles. The van der Waals surface area contributed by atoms with E-state index in [1.165, 1.54) is 0 Å². The van der Waals surface area contributed by atoms with Crippen molar-refractivity contribution in [3.05, 3.63) is 89.5 Å². The Hall–Kier alpha value is -3.51. The van der Waals surface area contributed by atoms with Crippen molar-refractivity contribution in [1.29, 1.82) is 0 Å². The zero-order valence-corrected chi connectivity index (χ0v) is 21.0. The van der Waals surface area contributed by atoms with Crippen LogP contribution in [0.1, 0.15) is 42.4 Å². The number of amides is 1. The van der Waals surface area contributed by atoms with Gasteiger partial charge in [0.05, 0.1) is 20.8 Å². The van der Waals surface area contributed by atoms with Gasteiger partial charge in [0.2, 0.25) is 5.91 Å². The normalized spacial score (nSPS) is 11.1. The summed E-state index contributed by atoms with van der Waals surface area (Å²) in [7, 11) is 6.69. The van der Waals surface area contributed by atoms with Gasteiger partial charge in [-0.2, -0.15) is 0 Å². The van der Waals surface area contributed by atoms with Gasteiger partial charge in [-0.15, -0.1) is 0 Å². The van der Waals surface area contributed by atoms with Gasteiger partial charge in [-0.1, -0.05) is 36.4 Å². The van der Waals surface area contributed by atoms with Crippen LogP contribution in [0.25, 0.3) is 0 Å². The van der Waals surface area contributed by atoms with Crippen LogP contribution in [-0.2, 0) is 15.1 Å². The summed E-state index contributed by atoms with van der Waals surface area (Å²) in [6, 6.07) is 23.9. The highest BCUT2D eigenvalue weighted by molar-refractivity contribution is 5.75. The number of hydrogen-bond donors (Lipinski definition) is 1. The van der Waals surface area contributed by atoms with E-state index >= 15 is 0 Å². The number of rotatable bonds is 13. The molecule has 186 valence electrons. The quantitative estimate of drug-likeness (QED) is 0.266. The molecular weight excluding hydrogens is 442 g/mol. The maximum Gasteiger partial charge on any atom is 0.219 e. The Morgan fingerprint density at radius 3 is 1.54 bits per heavy atom. The molecule has 3 aromatic carbocycles. The van der Waals surface area contributed by atoms with E-state index in [1.54, 1.807) is 28.4 Å². The van der Waals surface area contributed by atoms with E-state index in [4.69, 9.17) is 18.9 Å². The molecule has 6 nitrogen and oxygen atoms in total. The van der Waals surface area contributed by atoms with Crippen LogP contribution in [0.2, 0.25) is 0 Å². The van der Waals surface area contributed by atoms with Gasteiger partial charge in [-0.3, -0.25) is 4.79 Å². The third-order valence-corrected chi connectivity index (χ3v) is 6.16. The summed E-state index contributed by atoms with van der Waals surface area (Å²) in [4.78, 5) is 11.3. The first-order chi connectivity index (χ1) is 17.1. The predicted molar refractivity (Wildman–Crippen MR) is 137 cm³/mol. The highest BCUT2D eigenvalue weighted by Crippen LogP contribution is 2.41. The topological polar surface area (TPSA) is 66.0 Å². The Kier molecular flexibility index (Phi) is 9.56. The summed E-state index contributed by atoms with van der Waals surface area (Å²) in [5.74, 6) is 2.45. The Balaban J connectivity index is 1.81. The molecule has 1 N–H and O–H groups in total. The number of nitrogens with one attached hydrogen (secondary N) is 1. The number of carbonyl (C=O) groups is 1. The van der Waals surface area contributed by atoms with Crippen molar-refractivity contribution in [3.8, 4) is 17.2 Å². The molecule has 3 aromatic rings. The second kappa shape index (κ2) is 12.8. The molecular formula is C29H35NO5. The second-order valence-electron chi connectivity index (χ2n) is 8.20. The molecule has 0 spiro atoms. The van der Waals surface area contributed by atoms with Gasteiger partial charge in [0.1, 0.15) is 22.8 Å². The van der Waals surface area contributed by atoms with Crippen LogP contribution in [0.15, 0.2) is 72.8 Å². The summed E-state index contributed by atoms with van der Waals surface area (Å²) in [5.41, 5.74) is 2.12. The average molecular weight is 478 g/mol. The van der Waals surface area contributed by atoms with Crippen molar-refractivity contribution in [2.75, 3.05) is 35.0 Å². The van der Waals surface area contributed by atoms with Crippen LogP contribution in [-0.4, -0.2) is 40.9 Å². The molecule has 0 unspecified atom stereocenters. The first-order valence-electron chi connectivity index (χ1n) is 11.9. The lowest BCUT2D eigenvalue weighted by molar-refractivity contribution is -0.120. The zero-order valence-electron chi connectivity index (χ0n) is 21.0. The fourth-order valence-corrected chi connectivity index (χ4v) is 4.17. The van der Waals surface area contributed by atoms with Gasteiger partial charge >= 0.3 is 0 Å². The molecule has 0 atom stereocenters. The van der Waals surface area contributed by atoms with Crippen molar-refractivity contribution in [1.82, 2.24) is 5.32 Å². The summed E-state index contributed by atoms with van der Waals surface area (Å²) >= 11 is 0. The number of unbranched alkanes of at least 4 members (excludes halogenated alkanes) is 2. The number of methoxy groups -OCH3 is 3. The molecule has 0 saturated carbocycles. The summed E-state index contributed by atoms with van der Waals surface area (Å²) < 4.78 is 22.9. The molecule has 3 rings (SSSR count). The minimum Gasteiger partial charge on any atom is -0.497 e. The van der Waals surface area contributed by atoms with E-state index in [0.29, 0.717) is 13.0 Å². The van der Waals surface area contributed by atoms with Gasteiger partial charge < -0.3 is 24.3 Å². The van der Waals surface area contributed by atoms with Crippen LogP contribution in [0, 0.1) is 0 Å². The Morgan fingerprint density at radius 2 is 1.14 bits per heavy atom. The fourth-order valence-electron chi connectivity index (χ4n) is 4.17. The molecule has 0 radical (unpaired) electrons. The SMILES string of the molecule is CNC(=O)CCCCCOc1ccc(C(OC)(c2ccc(OC)cc2)c2ccc(OC)cc2)cc1. The molecule has 0 aliphatic rings. The molecule has 1 amide bonds. The van der Waals surface area contributed by atoms with E-state index in [9.17, 15) is 4.79 Å². The van der Waals surface area contributed by atoms with Crippen molar-refractivity contribution in [2.24, 2.45) is 0 Å². The van der Waals surface area contributed by atoms with Crippen LogP contribution < -0.4 is 19.5 Å². The minimum atomic E-state index is -0.822. The largest absolute Gasteiger partial charge is 0.497 e. The van der Waals surface area contributed by atoms with Crippen LogP contribution in [0.4, 0.5) is 0 Å². The van der Waals surface area contributed by atoms with E-state index in [0.717, 1.165) is 53.2 Å². The standard InChI is InChI=1S/C29H35NO5/c1-30-28(31)8-6-5-7-21-35-27-19-13-24(14-20-27)29(34-4,22-9-15-25(32-2)16-10-22)23-11-17-26(33-3)18-12-23/h9-20H,5-8,21H2,1-4H3,(H,30,31). The van der Waals surface area contributed by atoms with Gasteiger partial charge in [-0.05, 0) is 72.4 Å². The van der Waals surface area contributed by atoms with E-state index < -0.39 is 5.60 Å². The number of ether oxygens (including phenoxy) is 4. The fraction of sp³-hybridized carbons (Fsp3) is 0.345. The first kappa shape index (κ1) is 26.1.